The van der Waals surface area contributed by atoms with Crippen LogP contribution in [-0.2, 0) is 4.74 Å². The van der Waals surface area contributed by atoms with E-state index in [1.165, 1.54) is 46.6 Å². The minimum absolute atomic E-state index is 0.264. The van der Waals surface area contributed by atoms with E-state index in [1.807, 2.05) is 0 Å². The maximum Gasteiger partial charge on any atom is 0.341 e. The number of ether oxygens (including phenoxy) is 1. The summed E-state index contributed by atoms with van der Waals surface area (Å²) in [5.41, 5.74) is 0.338. The fourth-order valence-corrected chi connectivity index (χ4v) is 4.66. The summed E-state index contributed by atoms with van der Waals surface area (Å²) in [4.78, 5) is 31.7. The normalized spacial score (nSPS) is 16.6. The topological polar surface area (TPSA) is 88.5 Å². The maximum atomic E-state index is 12.6. The third kappa shape index (κ3) is 4.99. The number of thioether (sulfide) groups is 1. The molecule has 10 heteroatoms. The van der Waals surface area contributed by atoms with E-state index >= 15 is 0 Å². The van der Waals surface area contributed by atoms with E-state index in [0.717, 1.165) is 16.5 Å². The van der Waals surface area contributed by atoms with Crippen molar-refractivity contribution in [1.82, 2.24) is 20.1 Å². The number of hydrogen-bond donors (Lipinski definition) is 0. The Balaban J connectivity index is 1.65. The number of anilines is 1. The van der Waals surface area contributed by atoms with Crippen LogP contribution in [0, 0.1) is 0 Å². The third-order valence-corrected chi connectivity index (χ3v) is 6.36. The summed E-state index contributed by atoms with van der Waals surface area (Å²) in [5, 5.41) is 8.77. The molecule has 2 aromatic heterocycles. The molecule has 0 bridgehead atoms. The number of pyridine rings is 1. The van der Waals surface area contributed by atoms with Gasteiger partial charge in [-0.05, 0) is 18.6 Å². The van der Waals surface area contributed by atoms with Gasteiger partial charge >= 0.3 is 12.0 Å². The second-order valence-corrected chi connectivity index (χ2v) is 8.69. The number of carbonyl (C=O) groups excluding carboxylic acids is 2. The number of nitrogens with zero attached hydrogens (tertiary/aromatic N) is 5. The molecule has 1 atom stereocenters. The van der Waals surface area contributed by atoms with Crippen molar-refractivity contribution in [3.8, 4) is 0 Å². The van der Waals surface area contributed by atoms with Gasteiger partial charge in [-0.3, -0.25) is 4.98 Å². The second kappa shape index (κ2) is 9.83. The summed E-state index contributed by atoms with van der Waals surface area (Å²) in [6.07, 6.45) is 7.05. The molecule has 8 nitrogen and oxygen atoms in total. The van der Waals surface area contributed by atoms with Gasteiger partial charge in [0.05, 0.1) is 12.1 Å². The second-order valence-electron chi connectivity index (χ2n) is 6.39. The zero-order valence-corrected chi connectivity index (χ0v) is 17.5. The van der Waals surface area contributed by atoms with Gasteiger partial charge in [0, 0.05) is 25.2 Å². The monoisotopic (exact) mass is 421 g/mol. The zero-order chi connectivity index (χ0) is 19.9. The predicted molar refractivity (Wildman–Crippen MR) is 109 cm³/mol. The van der Waals surface area contributed by atoms with Crippen LogP contribution in [0.3, 0.4) is 0 Å². The zero-order valence-electron chi connectivity index (χ0n) is 15.9. The number of amides is 2. The summed E-state index contributed by atoms with van der Waals surface area (Å²) in [6.45, 7) is 2.45. The Bertz CT molecular complexity index is 802. The number of aromatic nitrogens is 3. The van der Waals surface area contributed by atoms with Gasteiger partial charge in [-0.25, -0.2) is 14.5 Å². The van der Waals surface area contributed by atoms with Crippen molar-refractivity contribution >= 4 is 40.2 Å². The largest absolute Gasteiger partial charge is 0.435 e. The first-order valence-corrected chi connectivity index (χ1v) is 11.0. The predicted octanol–water partition coefficient (Wildman–Crippen LogP) is 3.66. The van der Waals surface area contributed by atoms with Crippen molar-refractivity contribution < 1.29 is 14.3 Å². The average molecular weight is 422 g/mol. The Morgan fingerprint density at radius 2 is 2.21 bits per heavy atom. The van der Waals surface area contributed by atoms with Crippen LogP contribution >= 0.6 is 23.1 Å². The van der Waals surface area contributed by atoms with Crippen LogP contribution in [0.2, 0.25) is 0 Å². The highest BCUT2D eigenvalue weighted by molar-refractivity contribution is 8.01. The van der Waals surface area contributed by atoms with Crippen molar-refractivity contribution in [2.75, 3.05) is 24.2 Å². The van der Waals surface area contributed by atoms with Crippen molar-refractivity contribution in [2.24, 2.45) is 0 Å². The van der Waals surface area contributed by atoms with E-state index in [-0.39, 0.29) is 12.6 Å². The molecule has 3 heterocycles. The van der Waals surface area contributed by atoms with Crippen molar-refractivity contribution in [3.63, 3.8) is 0 Å². The number of unbranched alkanes of at least 4 members (excludes halogenated alkanes) is 3. The van der Waals surface area contributed by atoms with E-state index in [9.17, 15) is 9.59 Å². The molecular weight excluding hydrogens is 398 g/mol. The van der Waals surface area contributed by atoms with Gasteiger partial charge in [0.15, 0.2) is 4.34 Å². The molecule has 0 aliphatic carbocycles. The maximum absolute atomic E-state index is 12.6. The SMILES string of the molecule is CCCCCCSc1nnc(N2C(=O)N(C)CC2OC(=O)c2cccnc2)s1. The average Bonchev–Trinajstić information content (AvgIpc) is 3.26. The highest BCUT2D eigenvalue weighted by Crippen LogP contribution is 2.32. The molecule has 28 heavy (non-hydrogen) atoms. The van der Waals surface area contributed by atoms with Crippen molar-refractivity contribution in [2.45, 2.75) is 43.2 Å². The van der Waals surface area contributed by atoms with Gasteiger partial charge in [0.2, 0.25) is 11.4 Å². The van der Waals surface area contributed by atoms with Gasteiger partial charge < -0.3 is 9.64 Å². The number of esters is 1. The molecule has 0 saturated carbocycles. The van der Waals surface area contributed by atoms with E-state index in [0.29, 0.717) is 10.7 Å². The molecule has 3 rings (SSSR count). The molecule has 1 aliphatic rings. The van der Waals surface area contributed by atoms with Crippen LogP contribution in [0.5, 0.6) is 0 Å². The molecule has 2 aromatic rings. The van der Waals surface area contributed by atoms with Gasteiger partial charge in [-0.1, -0.05) is 49.3 Å². The molecular formula is C18H23N5O3S2. The quantitative estimate of drug-likeness (QED) is 0.264. The first-order chi connectivity index (χ1) is 13.6. The van der Waals surface area contributed by atoms with Crippen LogP contribution in [0.15, 0.2) is 28.9 Å². The summed E-state index contributed by atoms with van der Waals surface area (Å²) < 4.78 is 6.37. The molecule has 1 fully saturated rings. The molecule has 0 aromatic carbocycles. The highest BCUT2D eigenvalue weighted by atomic mass is 32.2. The first-order valence-electron chi connectivity index (χ1n) is 9.21. The smallest absolute Gasteiger partial charge is 0.341 e. The number of likely N-dealkylation sites (N-methyl/N-ethyl adjacent to an activating group) is 1. The minimum Gasteiger partial charge on any atom is -0.435 e. The Morgan fingerprint density at radius 3 is 2.96 bits per heavy atom. The van der Waals surface area contributed by atoms with Crippen LogP contribution in [-0.4, -0.2) is 57.7 Å². The minimum atomic E-state index is -0.749. The number of rotatable bonds is 9. The van der Waals surface area contributed by atoms with E-state index in [2.05, 4.69) is 22.1 Å². The van der Waals surface area contributed by atoms with Crippen molar-refractivity contribution in [1.29, 1.82) is 0 Å². The summed E-state index contributed by atoms with van der Waals surface area (Å²) in [6, 6.07) is 3.02. The fourth-order valence-electron chi connectivity index (χ4n) is 2.72. The Hall–Kier alpha value is -2.20. The number of carbonyl (C=O) groups is 2. The molecule has 0 spiro atoms. The Labute approximate surface area is 172 Å². The van der Waals surface area contributed by atoms with Gasteiger partial charge in [0.25, 0.3) is 0 Å². The lowest BCUT2D eigenvalue weighted by Crippen LogP contribution is -2.37. The summed E-state index contributed by atoms with van der Waals surface area (Å²) in [7, 11) is 1.66. The lowest BCUT2D eigenvalue weighted by atomic mass is 10.2. The lowest BCUT2D eigenvalue weighted by Gasteiger charge is -2.19. The Kier molecular flexibility index (Phi) is 7.21. The number of urea groups is 1. The van der Waals surface area contributed by atoms with Crippen molar-refractivity contribution in [3.05, 3.63) is 30.1 Å². The van der Waals surface area contributed by atoms with Gasteiger partial charge in [0.1, 0.15) is 0 Å². The molecule has 1 unspecified atom stereocenters. The summed E-state index contributed by atoms with van der Waals surface area (Å²) in [5.74, 6) is 0.447. The van der Waals surface area contributed by atoms with Gasteiger partial charge in [-0.2, -0.15) is 0 Å². The molecule has 1 saturated heterocycles. The van der Waals surface area contributed by atoms with E-state index < -0.39 is 12.2 Å². The molecule has 0 N–H and O–H groups in total. The Morgan fingerprint density at radius 1 is 1.36 bits per heavy atom. The molecule has 150 valence electrons. The highest BCUT2D eigenvalue weighted by Gasteiger charge is 2.41. The van der Waals surface area contributed by atoms with Crippen LogP contribution < -0.4 is 4.90 Å². The van der Waals surface area contributed by atoms with E-state index in [1.54, 1.807) is 37.1 Å². The molecule has 2 amide bonds. The lowest BCUT2D eigenvalue weighted by molar-refractivity contribution is 0.0331. The van der Waals surface area contributed by atoms with Crippen LogP contribution in [0.4, 0.5) is 9.93 Å². The first kappa shape index (κ1) is 20.5. The van der Waals surface area contributed by atoms with Crippen LogP contribution in [0.25, 0.3) is 0 Å². The fraction of sp³-hybridized carbons (Fsp3) is 0.500. The van der Waals surface area contributed by atoms with Gasteiger partial charge in [-0.15, -0.1) is 10.2 Å². The third-order valence-electron chi connectivity index (χ3n) is 4.22. The number of hydrogen-bond acceptors (Lipinski definition) is 8. The standard InChI is InChI=1S/C18H23N5O3S2/c1-3-4-5-6-10-27-17-21-20-16(28-17)23-14(12-22(2)18(23)25)26-15(24)13-8-7-9-19-11-13/h7-9,11,14H,3-6,10,12H2,1-2H3. The molecule has 0 radical (unpaired) electrons. The summed E-state index contributed by atoms with van der Waals surface area (Å²) >= 11 is 2.98. The van der Waals surface area contributed by atoms with E-state index in [4.69, 9.17) is 4.74 Å². The molecule has 1 aliphatic heterocycles. The van der Waals surface area contributed by atoms with Crippen LogP contribution in [0.1, 0.15) is 43.0 Å².